The smallest absolute Gasteiger partial charge is 0.407 e. The van der Waals surface area contributed by atoms with Gasteiger partial charge in [0.15, 0.2) is 11.5 Å². The van der Waals surface area contributed by atoms with Crippen molar-refractivity contribution in [3.05, 3.63) is 23.8 Å². The van der Waals surface area contributed by atoms with Gasteiger partial charge in [0.1, 0.15) is 5.78 Å². The summed E-state index contributed by atoms with van der Waals surface area (Å²) in [6.45, 7) is 0.460. The molecule has 1 aliphatic carbocycles. The van der Waals surface area contributed by atoms with E-state index in [1.54, 1.807) is 14.2 Å². The predicted molar refractivity (Wildman–Crippen MR) is 83.2 cm³/mol. The molecule has 23 heavy (non-hydrogen) atoms. The first-order valence-corrected chi connectivity index (χ1v) is 7.75. The molecule has 1 saturated carbocycles. The minimum Gasteiger partial charge on any atom is -0.493 e. The average molecular weight is 319 g/mol. The molecule has 0 radical (unpaired) electrons. The number of carbonyl (C=O) groups excluding carboxylic acids is 1. The van der Waals surface area contributed by atoms with Crippen molar-refractivity contribution in [3.8, 4) is 11.5 Å². The molecule has 0 bridgehead atoms. The largest absolute Gasteiger partial charge is 0.493 e. The van der Waals surface area contributed by atoms with Crippen LogP contribution in [0, 0.1) is 0 Å². The van der Waals surface area contributed by atoms with Crippen LogP contribution in [0.2, 0.25) is 0 Å². The van der Waals surface area contributed by atoms with E-state index < -0.39 is 6.09 Å². The van der Waals surface area contributed by atoms with Crippen molar-refractivity contribution in [2.75, 3.05) is 20.8 Å². The van der Waals surface area contributed by atoms with Crippen molar-refractivity contribution in [3.63, 3.8) is 0 Å². The summed E-state index contributed by atoms with van der Waals surface area (Å²) in [5.41, 5.74) is 0.711. The standard InChI is InChI=1S/C17H21NO5/c1-22-13-4-3-11(9-14(13)23-2)17-6-5-12(19)10-15(17)18(8-7-17)16(20)21/h3-4,9,15H,5-8,10H2,1-2H3,(H,20,21)/t15-,17-/m0/s1. The number of amides is 1. The van der Waals surface area contributed by atoms with Crippen LogP contribution in [0.4, 0.5) is 4.79 Å². The van der Waals surface area contributed by atoms with Crippen molar-refractivity contribution < 1.29 is 24.2 Å². The van der Waals surface area contributed by atoms with Crippen molar-refractivity contribution in [2.45, 2.75) is 37.1 Å². The lowest BCUT2D eigenvalue weighted by atomic mass is 9.66. The molecule has 1 N–H and O–H groups in total. The van der Waals surface area contributed by atoms with E-state index in [-0.39, 0.29) is 17.2 Å². The van der Waals surface area contributed by atoms with Crippen LogP contribution in [0.5, 0.6) is 11.5 Å². The zero-order chi connectivity index (χ0) is 16.6. The van der Waals surface area contributed by atoms with Gasteiger partial charge in [0.25, 0.3) is 0 Å². The molecule has 6 nitrogen and oxygen atoms in total. The van der Waals surface area contributed by atoms with E-state index in [2.05, 4.69) is 0 Å². The van der Waals surface area contributed by atoms with Gasteiger partial charge in [-0.25, -0.2) is 4.79 Å². The third-order valence-electron chi connectivity index (χ3n) is 5.29. The number of methoxy groups -OCH3 is 2. The highest BCUT2D eigenvalue weighted by Crippen LogP contribution is 2.49. The number of ether oxygens (including phenoxy) is 2. The second-order valence-corrected chi connectivity index (χ2v) is 6.21. The molecule has 0 aromatic heterocycles. The van der Waals surface area contributed by atoms with Crippen molar-refractivity contribution in [1.82, 2.24) is 4.90 Å². The van der Waals surface area contributed by atoms with Gasteiger partial charge in [-0.15, -0.1) is 0 Å². The number of ketones is 1. The van der Waals surface area contributed by atoms with E-state index in [4.69, 9.17) is 9.47 Å². The minimum atomic E-state index is -0.952. The van der Waals surface area contributed by atoms with Gasteiger partial charge in [-0.1, -0.05) is 6.07 Å². The molecule has 6 heteroatoms. The summed E-state index contributed by atoms with van der Waals surface area (Å²) in [5.74, 6) is 1.41. The Morgan fingerprint density at radius 3 is 2.65 bits per heavy atom. The molecule has 0 unspecified atom stereocenters. The van der Waals surface area contributed by atoms with E-state index in [1.165, 1.54) is 4.90 Å². The zero-order valence-corrected chi connectivity index (χ0v) is 13.4. The van der Waals surface area contributed by atoms with Gasteiger partial charge in [-0.2, -0.15) is 0 Å². The fourth-order valence-electron chi connectivity index (χ4n) is 4.07. The molecule has 2 atom stereocenters. The Morgan fingerprint density at radius 2 is 2.00 bits per heavy atom. The number of hydrogen-bond acceptors (Lipinski definition) is 4. The SMILES string of the molecule is COc1ccc([C@@]23CCC(=O)C[C@@H]2N(C(=O)O)CC3)cc1OC. The quantitative estimate of drug-likeness (QED) is 0.926. The molecule has 2 fully saturated rings. The lowest BCUT2D eigenvalue weighted by Gasteiger charge is -2.41. The second kappa shape index (κ2) is 5.76. The first-order valence-electron chi connectivity index (χ1n) is 7.75. The number of rotatable bonds is 3. The Kier molecular flexibility index (Phi) is 3.92. The molecule has 2 aliphatic rings. The molecule has 1 aromatic carbocycles. The maximum Gasteiger partial charge on any atom is 0.407 e. The van der Waals surface area contributed by atoms with Crippen LogP contribution in [0.25, 0.3) is 0 Å². The normalized spacial score (nSPS) is 26.8. The molecule has 1 heterocycles. The summed E-state index contributed by atoms with van der Waals surface area (Å²) >= 11 is 0. The Morgan fingerprint density at radius 1 is 1.26 bits per heavy atom. The highest BCUT2D eigenvalue weighted by Gasteiger charge is 2.53. The van der Waals surface area contributed by atoms with Gasteiger partial charge in [-0.3, -0.25) is 4.79 Å². The van der Waals surface area contributed by atoms with E-state index in [1.807, 2.05) is 18.2 Å². The first kappa shape index (κ1) is 15.6. The van der Waals surface area contributed by atoms with E-state index >= 15 is 0 Å². The maximum atomic E-state index is 11.9. The maximum absolute atomic E-state index is 11.9. The lowest BCUT2D eigenvalue weighted by Crippen LogP contribution is -2.48. The summed E-state index contributed by atoms with van der Waals surface area (Å²) in [4.78, 5) is 24.9. The number of fused-ring (bicyclic) bond motifs is 1. The van der Waals surface area contributed by atoms with Gasteiger partial charge in [0.2, 0.25) is 0 Å². The number of benzene rings is 1. The van der Waals surface area contributed by atoms with E-state index in [0.29, 0.717) is 37.3 Å². The average Bonchev–Trinajstić information content (AvgIpc) is 2.94. The Balaban J connectivity index is 2.05. The Hall–Kier alpha value is -2.24. The number of carbonyl (C=O) groups is 2. The summed E-state index contributed by atoms with van der Waals surface area (Å²) in [6, 6.07) is 5.45. The molecular formula is C17H21NO5. The van der Waals surface area contributed by atoms with Crippen LogP contribution in [-0.4, -0.2) is 48.7 Å². The van der Waals surface area contributed by atoms with Crippen LogP contribution in [-0.2, 0) is 10.2 Å². The van der Waals surface area contributed by atoms with Gasteiger partial charge in [-0.05, 0) is 30.5 Å². The molecule has 1 amide bonds. The highest BCUT2D eigenvalue weighted by atomic mass is 16.5. The van der Waals surface area contributed by atoms with Crippen molar-refractivity contribution in [2.24, 2.45) is 0 Å². The molecule has 3 rings (SSSR count). The number of nitrogens with zero attached hydrogens (tertiary/aromatic N) is 1. The lowest BCUT2D eigenvalue weighted by molar-refractivity contribution is -0.122. The molecule has 124 valence electrons. The van der Waals surface area contributed by atoms with Gasteiger partial charge < -0.3 is 19.5 Å². The Labute approximate surface area is 135 Å². The number of carboxylic acid groups (broad SMARTS) is 1. The first-order chi connectivity index (χ1) is 11.0. The van der Waals surface area contributed by atoms with Gasteiger partial charge >= 0.3 is 6.09 Å². The van der Waals surface area contributed by atoms with E-state index in [9.17, 15) is 14.7 Å². The predicted octanol–water partition coefficient (Wildman–Crippen LogP) is 2.45. The van der Waals surface area contributed by atoms with E-state index in [0.717, 1.165) is 12.0 Å². The zero-order valence-electron chi connectivity index (χ0n) is 13.4. The summed E-state index contributed by atoms with van der Waals surface area (Å²) in [6.07, 6.45) is 1.24. The monoisotopic (exact) mass is 319 g/mol. The fourth-order valence-corrected chi connectivity index (χ4v) is 4.07. The van der Waals surface area contributed by atoms with Crippen LogP contribution in [0.15, 0.2) is 18.2 Å². The third kappa shape index (κ3) is 2.42. The van der Waals surface area contributed by atoms with Crippen molar-refractivity contribution >= 4 is 11.9 Å². The Bertz CT molecular complexity index is 644. The fraction of sp³-hybridized carbons (Fsp3) is 0.529. The molecular weight excluding hydrogens is 298 g/mol. The number of Topliss-reactive ketones (excluding diaryl/α,β-unsaturated/α-hetero) is 1. The summed E-state index contributed by atoms with van der Waals surface area (Å²) in [5, 5.41) is 9.45. The van der Waals surface area contributed by atoms with Crippen LogP contribution in [0.1, 0.15) is 31.2 Å². The highest BCUT2D eigenvalue weighted by molar-refractivity contribution is 5.82. The molecule has 0 spiro atoms. The third-order valence-corrected chi connectivity index (χ3v) is 5.29. The van der Waals surface area contributed by atoms with Crippen LogP contribution >= 0.6 is 0 Å². The minimum absolute atomic E-state index is 0.138. The molecule has 1 aromatic rings. The second-order valence-electron chi connectivity index (χ2n) is 6.21. The topological polar surface area (TPSA) is 76.1 Å². The molecule has 1 saturated heterocycles. The van der Waals surface area contributed by atoms with Gasteiger partial charge in [0.05, 0.1) is 20.3 Å². The van der Waals surface area contributed by atoms with Crippen LogP contribution in [0.3, 0.4) is 0 Å². The van der Waals surface area contributed by atoms with Crippen LogP contribution < -0.4 is 9.47 Å². The number of likely N-dealkylation sites (tertiary alicyclic amines) is 1. The summed E-state index contributed by atoms with van der Waals surface area (Å²) < 4.78 is 10.7. The molecule has 1 aliphatic heterocycles. The van der Waals surface area contributed by atoms with Crippen molar-refractivity contribution in [1.29, 1.82) is 0 Å². The number of hydrogen-bond donors (Lipinski definition) is 1. The van der Waals surface area contributed by atoms with Gasteiger partial charge in [0, 0.05) is 24.8 Å². The summed E-state index contributed by atoms with van der Waals surface area (Å²) in [7, 11) is 3.17.